The molecule has 0 radical (unpaired) electrons. The molecule has 0 bridgehead atoms. The van der Waals surface area contributed by atoms with Gasteiger partial charge in [-0.25, -0.2) is 0 Å². The predicted molar refractivity (Wildman–Crippen MR) is 60.3 cm³/mol. The predicted octanol–water partition coefficient (Wildman–Crippen LogP) is 1.37. The number of hydrogen-bond acceptors (Lipinski definition) is 2. The molecule has 2 fully saturated rings. The van der Waals surface area contributed by atoms with Gasteiger partial charge in [0.2, 0.25) is 5.91 Å². The van der Waals surface area contributed by atoms with Gasteiger partial charge >= 0.3 is 0 Å². The molecule has 2 N–H and O–H groups in total. The Kier molecular flexibility index (Phi) is 3.29. The lowest BCUT2D eigenvalue weighted by Gasteiger charge is -2.33. The summed E-state index contributed by atoms with van der Waals surface area (Å²) in [4.78, 5) is 14.2. The van der Waals surface area contributed by atoms with E-state index in [1.165, 1.54) is 32.1 Å². The molecule has 0 aromatic rings. The molecule has 1 saturated heterocycles. The molecule has 3 nitrogen and oxygen atoms in total. The first-order valence-electron chi connectivity index (χ1n) is 6.24. The molecular weight excluding hydrogens is 188 g/mol. The summed E-state index contributed by atoms with van der Waals surface area (Å²) in [6, 6.07) is 0.542. The van der Waals surface area contributed by atoms with Crippen molar-refractivity contribution in [2.45, 2.75) is 45.1 Å². The van der Waals surface area contributed by atoms with Gasteiger partial charge in [0.15, 0.2) is 0 Å². The number of amides is 1. The number of carbonyl (C=O) groups excluding carboxylic acids is 1. The molecule has 2 aliphatic rings. The number of fused-ring (bicyclic) bond motifs is 1. The topological polar surface area (TPSA) is 46.3 Å². The Hall–Kier alpha value is -0.570. The lowest BCUT2D eigenvalue weighted by molar-refractivity contribution is -0.136. The largest absolute Gasteiger partial charge is 0.339 e. The van der Waals surface area contributed by atoms with Gasteiger partial charge in [0, 0.05) is 25.0 Å². The van der Waals surface area contributed by atoms with Gasteiger partial charge in [-0.3, -0.25) is 4.79 Å². The van der Waals surface area contributed by atoms with E-state index in [0.29, 0.717) is 12.6 Å². The van der Waals surface area contributed by atoms with Gasteiger partial charge < -0.3 is 10.6 Å². The molecule has 1 amide bonds. The van der Waals surface area contributed by atoms with Crippen LogP contribution in [0.2, 0.25) is 0 Å². The van der Waals surface area contributed by atoms with Crippen molar-refractivity contribution < 1.29 is 4.79 Å². The summed E-state index contributed by atoms with van der Waals surface area (Å²) < 4.78 is 0. The summed E-state index contributed by atoms with van der Waals surface area (Å²) in [5.41, 5.74) is 5.56. The highest BCUT2D eigenvalue weighted by atomic mass is 16.2. The quantitative estimate of drug-likeness (QED) is 0.748. The van der Waals surface area contributed by atoms with Gasteiger partial charge in [-0.1, -0.05) is 19.8 Å². The van der Waals surface area contributed by atoms with E-state index in [-0.39, 0.29) is 11.8 Å². The van der Waals surface area contributed by atoms with E-state index in [9.17, 15) is 4.79 Å². The summed E-state index contributed by atoms with van der Waals surface area (Å²) in [6.07, 6.45) is 6.41. The highest BCUT2D eigenvalue weighted by molar-refractivity contribution is 5.79. The van der Waals surface area contributed by atoms with Crippen LogP contribution in [0.15, 0.2) is 0 Å². The Morgan fingerprint density at radius 1 is 1.40 bits per heavy atom. The minimum atomic E-state index is 0.00526. The maximum Gasteiger partial charge on any atom is 0.226 e. The normalized spacial score (nSPS) is 32.5. The van der Waals surface area contributed by atoms with Crippen LogP contribution in [-0.4, -0.2) is 29.9 Å². The first-order valence-corrected chi connectivity index (χ1v) is 6.24. The second kappa shape index (κ2) is 4.52. The van der Waals surface area contributed by atoms with Crippen LogP contribution >= 0.6 is 0 Å². The standard InChI is InChI=1S/C12H22N2O/c1-9(8-13)12(15)14-7-6-10-4-2-3-5-11(10)14/h9-11H,2-8,13H2,1H3. The second-order valence-electron chi connectivity index (χ2n) is 5.07. The summed E-state index contributed by atoms with van der Waals surface area (Å²) >= 11 is 0. The lowest BCUT2D eigenvalue weighted by Crippen LogP contribution is -2.43. The molecule has 15 heavy (non-hydrogen) atoms. The third kappa shape index (κ3) is 2.03. The van der Waals surface area contributed by atoms with Gasteiger partial charge in [0.1, 0.15) is 0 Å². The van der Waals surface area contributed by atoms with Gasteiger partial charge in [0.05, 0.1) is 0 Å². The summed E-state index contributed by atoms with van der Waals surface area (Å²) in [7, 11) is 0. The minimum absolute atomic E-state index is 0.00526. The first-order chi connectivity index (χ1) is 7.24. The maximum atomic E-state index is 12.1. The Morgan fingerprint density at radius 2 is 2.13 bits per heavy atom. The Labute approximate surface area is 92.0 Å². The van der Waals surface area contributed by atoms with E-state index in [0.717, 1.165) is 12.5 Å². The number of likely N-dealkylation sites (tertiary alicyclic amines) is 1. The summed E-state index contributed by atoms with van der Waals surface area (Å²) in [5.74, 6) is 1.07. The van der Waals surface area contributed by atoms with Crippen LogP contribution in [0.4, 0.5) is 0 Å². The first kappa shape index (κ1) is 10.9. The van der Waals surface area contributed by atoms with E-state index in [1.807, 2.05) is 6.92 Å². The Balaban J connectivity index is 2.01. The van der Waals surface area contributed by atoms with Crippen molar-refractivity contribution in [2.24, 2.45) is 17.6 Å². The molecule has 1 aliphatic heterocycles. The second-order valence-corrected chi connectivity index (χ2v) is 5.07. The van der Waals surface area contributed by atoms with Gasteiger partial charge in [-0.15, -0.1) is 0 Å². The van der Waals surface area contributed by atoms with E-state index in [4.69, 9.17) is 5.73 Å². The van der Waals surface area contributed by atoms with Crippen LogP contribution < -0.4 is 5.73 Å². The zero-order valence-corrected chi connectivity index (χ0v) is 9.61. The van der Waals surface area contributed by atoms with Crippen LogP contribution in [-0.2, 0) is 4.79 Å². The van der Waals surface area contributed by atoms with Crippen molar-refractivity contribution in [1.82, 2.24) is 4.90 Å². The smallest absolute Gasteiger partial charge is 0.226 e. The average molecular weight is 210 g/mol. The minimum Gasteiger partial charge on any atom is -0.339 e. The van der Waals surface area contributed by atoms with Crippen molar-refractivity contribution in [3.8, 4) is 0 Å². The lowest BCUT2D eigenvalue weighted by atomic mass is 9.85. The highest BCUT2D eigenvalue weighted by Crippen LogP contribution is 2.36. The molecule has 1 saturated carbocycles. The fraction of sp³-hybridized carbons (Fsp3) is 0.917. The molecule has 0 aromatic carbocycles. The van der Waals surface area contributed by atoms with Crippen LogP contribution in [0.3, 0.4) is 0 Å². The Bertz CT molecular complexity index is 242. The highest BCUT2D eigenvalue weighted by Gasteiger charge is 2.38. The van der Waals surface area contributed by atoms with E-state index < -0.39 is 0 Å². The van der Waals surface area contributed by atoms with Crippen molar-refractivity contribution in [1.29, 1.82) is 0 Å². The molecule has 3 atom stereocenters. The summed E-state index contributed by atoms with van der Waals surface area (Å²) in [5, 5.41) is 0. The number of hydrogen-bond donors (Lipinski definition) is 1. The fourth-order valence-electron chi connectivity index (χ4n) is 3.06. The van der Waals surface area contributed by atoms with Gasteiger partial charge in [0.25, 0.3) is 0 Å². The Morgan fingerprint density at radius 3 is 2.87 bits per heavy atom. The molecular formula is C12H22N2O. The SMILES string of the molecule is CC(CN)C(=O)N1CCC2CCCCC21. The summed E-state index contributed by atoms with van der Waals surface area (Å²) in [6.45, 7) is 3.39. The van der Waals surface area contributed by atoms with Crippen LogP contribution in [0.5, 0.6) is 0 Å². The molecule has 1 heterocycles. The number of rotatable bonds is 2. The molecule has 3 unspecified atom stereocenters. The van der Waals surface area contributed by atoms with E-state index in [2.05, 4.69) is 4.90 Å². The molecule has 2 rings (SSSR count). The monoisotopic (exact) mass is 210 g/mol. The zero-order chi connectivity index (χ0) is 10.8. The molecule has 3 heteroatoms. The zero-order valence-electron chi connectivity index (χ0n) is 9.61. The molecule has 0 spiro atoms. The van der Waals surface area contributed by atoms with Crippen molar-refractivity contribution >= 4 is 5.91 Å². The van der Waals surface area contributed by atoms with Crippen molar-refractivity contribution in [2.75, 3.05) is 13.1 Å². The third-order valence-electron chi connectivity index (χ3n) is 4.07. The van der Waals surface area contributed by atoms with Crippen LogP contribution in [0, 0.1) is 11.8 Å². The van der Waals surface area contributed by atoms with Crippen molar-refractivity contribution in [3.63, 3.8) is 0 Å². The van der Waals surface area contributed by atoms with Gasteiger partial charge in [-0.05, 0) is 25.2 Å². The number of nitrogens with two attached hydrogens (primary N) is 1. The fourth-order valence-corrected chi connectivity index (χ4v) is 3.06. The van der Waals surface area contributed by atoms with Crippen LogP contribution in [0.25, 0.3) is 0 Å². The van der Waals surface area contributed by atoms with E-state index >= 15 is 0 Å². The average Bonchev–Trinajstić information content (AvgIpc) is 2.70. The molecule has 1 aliphatic carbocycles. The van der Waals surface area contributed by atoms with Crippen molar-refractivity contribution in [3.05, 3.63) is 0 Å². The van der Waals surface area contributed by atoms with Gasteiger partial charge in [-0.2, -0.15) is 0 Å². The molecule has 0 aromatic heterocycles. The number of carbonyl (C=O) groups is 1. The maximum absolute atomic E-state index is 12.1. The molecule has 86 valence electrons. The third-order valence-corrected chi connectivity index (χ3v) is 4.07. The van der Waals surface area contributed by atoms with E-state index in [1.54, 1.807) is 0 Å². The number of nitrogens with zero attached hydrogens (tertiary/aromatic N) is 1. The van der Waals surface area contributed by atoms with Crippen LogP contribution in [0.1, 0.15) is 39.0 Å².